The number of halogens is 1. The van der Waals surface area contributed by atoms with Crippen LogP contribution in [-0.4, -0.2) is 22.5 Å². The van der Waals surface area contributed by atoms with Crippen LogP contribution in [0.5, 0.6) is 5.75 Å². The third-order valence-corrected chi connectivity index (χ3v) is 2.76. The minimum Gasteiger partial charge on any atom is -0.494 e. The fraction of sp³-hybridized carbons (Fsp3) is 0.182. The zero-order valence-corrected chi connectivity index (χ0v) is 9.83. The zero-order chi connectivity index (χ0) is 12.3. The molecule has 0 N–H and O–H groups in total. The van der Waals surface area contributed by atoms with E-state index in [1.54, 1.807) is 17.5 Å². The molecule has 0 amide bonds. The van der Waals surface area contributed by atoms with Gasteiger partial charge in [-0.1, -0.05) is 16.6 Å². The number of carbonyl (C=O) groups excluding carboxylic acids is 1. The quantitative estimate of drug-likeness (QED) is 0.782. The second-order valence-corrected chi connectivity index (χ2v) is 3.93. The summed E-state index contributed by atoms with van der Waals surface area (Å²) < 4.78 is 22.2. The zero-order valence-electron chi connectivity index (χ0n) is 9.01. The standard InChI is InChI=1S/C11H9FN2O2S/c1-16-10-4-2-3-7(11(10)12)5-9(15)8-6-17-14-13-8/h2-4,6H,5H2,1H3. The van der Waals surface area contributed by atoms with Gasteiger partial charge < -0.3 is 4.74 Å². The Labute approximate surface area is 101 Å². The van der Waals surface area contributed by atoms with Crippen LogP contribution < -0.4 is 4.74 Å². The fourth-order valence-electron chi connectivity index (χ4n) is 1.40. The smallest absolute Gasteiger partial charge is 0.188 e. The lowest BCUT2D eigenvalue weighted by Gasteiger charge is -2.05. The van der Waals surface area contributed by atoms with E-state index in [-0.39, 0.29) is 23.6 Å². The van der Waals surface area contributed by atoms with Crippen molar-refractivity contribution in [2.75, 3.05) is 7.11 Å². The molecule has 1 aromatic heterocycles. The summed E-state index contributed by atoms with van der Waals surface area (Å²) in [6, 6.07) is 4.70. The summed E-state index contributed by atoms with van der Waals surface area (Å²) in [6.07, 6.45) is -0.0472. The molecule has 0 aliphatic carbocycles. The molecule has 2 aromatic rings. The van der Waals surface area contributed by atoms with Crippen molar-refractivity contribution in [3.8, 4) is 5.75 Å². The largest absolute Gasteiger partial charge is 0.494 e. The number of rotatable bonds is 4. The number of aromatic nitrogens is 2. The predicted octanol–water partition coefficient (Wildman–Crippen LogP) is 2.11. The van der Waals surface area contributed by atoms with Crippen molar-refractivity contribution in [3.05, 3.63) is 40.7 Å². The van der Waals surface area contributed by atoms with E-state index in [0.717, 1.165) is 11.5 Å². The average molecular weight is 252 g/mol. The highest BCUT2D eigenvalue weighted by Gasteiger charge is 2.15. The van der Waals surface area contributed by atoms with E-state index >= 15 is 0 Å². The monoisotopic (exact) mass is 252 g/mol. The van der Waals surface area contributed by atoms with E-state index in [9.17, 15) is 9.18 Å². The summed E-state index contributed by atoms with van der Waals surface area (Å²) in [7, 11) is 1.38. The maximum Gasteiger partial charge on any atom is 0.188 e. The first-order valence-corrected chi connectivity index (χ1v) is 5.67. The van der Waals surface area contributed by atoms with Gasteiger partial charge in [-0.25, -0.2) is 4.39 Å². The molecule has 2 rings (SSSR count). The Morgan fingerprint density at radius 3 is 3.00 bits per heavy atom. The lowest BCUT2D eigenvalue weighted by atomic mass is 10.1. The van der Waals surface area contributed by atoms with Crippen LogP contribution in [0.4, 0.5) is 4.39 Å². The van der Waals surface area contributed by atoms with E-state index in [4.69, 9.17) is 4.74 Å². The van der Waals surface area contributed by atoms with Crippen LogP contribution in [0.3, 0.4) is 0 Å². The highest BCUT2D eigenvalue weighted by atomic mass is 32.1. The molecule has 0 aliphatic heterocycles. The van der Waals surface area contributed by atoms with E-state index in [1.807, 2.05) is 0 Å². The Bertz CT molecular complexity index is 528. The van der Waals surface area contributed by atoms with Crippen LogP contribution in [0, 0.1) is 5.82 Å². The Hall–Kier alpha value is -1.82. The van der Waals surface area contributed by atoms with Crippen LogP contribution in [0.15, 0.2) is 23.6 Å². The van der Waals surface area contributed by atoms with Gasteiger partial charge in [0.2, 0.25) is 0 Å². The molecule has 0 saturated carbocycles. The van der Waals surface area contributed by atoms with Gasteiger partial charge in [-0.05, 0) is 23.2 Å². The molecule has 4 nitrogen and oxygen atoms in total. The summed E-state index contributed by atoms with van der Waals surface area (Å²) in [4.78, 5) is 11.7. The molecule has 0 fully saturated rings. The van der Waals surface area contributed by atoms with Crippen molar-refractivity contribution in [2.24, 2.45) is 0 Å². The van der Waals surface area contributed by atoms with Gasteiger partial charge in [-0.15, -0.1) is 5.10 Å². The van der Waals surface area contributed by atoms with Crippen molar-refractivity contribution >= 4 is 17.3 Å². The molecule has 0 radical (unpaired) electrons. The molecule has 17 heavy (non-hydrogen) atoms. The highest BCUT2D eigenvalue weighted by molar-refractivity contribution is 7.03. The molecule has 0 unspecified atom stereocenters. The Morgan fingerprint density at radius 2 is 2.35 bits per heavy atom. The van der Waals surface area contributed by atoms with E-state index < -0.39 is 5.82 Å². The van der Waals surface area contributed by atoms with E-state index in [0.29, 0.717) is 5.56 Å². The van der Waals surface area contributed by atoms with Crippen molar-refractivity contribution in [2.45, 2.75) is 6.42 Å². The Kier molecular flexibility index (Phi) is 3.43. The molecule has 0 saturated heterocycles. The minimum absolute atomic E-state index is 0.0472. The third-order valence-electron chi connectivity index (χ3n) is 2.26. The maximum absolute atomic E-state index is 13.8. The number of benzene rings is 1. The number of nitrogens with zero attached hydrogens (tertiary/aromatic N) is 2. The van der Waals surface area contributed by atoms with Crippen LogP contribution in [0.2, 0.25) is 0 Å². The van der Waals surface area contributed by atoms with Crippen molar-refractivity contribution in [3.63, 3.8) is 0 Å². The molecule has 6 heteroatoms. The van der Waals surface area contributed by atoms with Gasteiger partial charge >= 0.3 is 0 Å². The molecule has 1 aromatic carbocycles. The second-order valence-electron chi connectivity index (χ2n) is 3.32. The summed E-state index contributed by atoms with van der Waals surface area (Å²) in [6.45, 7) is 0. The summed E-state index contributed by atoms with van der Waals surface area (Å²) in [5.41, 5.74) is 0.555. The number of carbonyl (C=O) groups is 1. The summed E-state index contributed by atoms with van der Waals surface area (Å²) in [5, 5.41) is 5.19. The predicted molar refractivity (Wildman–Crippen MR) is 60.9 cm³/mol. The van der Waals surface area contributed by atoms with E-state index in [1.165, 1.54) is 13.2 Å². The second kappa shape index (κ2) is 5.01. The fourth-order valence-corrected chi connectivity index (χ4v) is 1.86. The van der Waals surface area contributed by atoms with E-state index in [2.05, 4.69) is 9.59 Å². The lowest BCUT2D eigenvalue weighted by Crippen LogP contribution is -2.06. The minimum atomic E-state index is -0.508. The highest BCUT2D eigenvalue weighted by Crippen LogP contribution is 2.21. The molecular formula is C11H9FN2O2S. The number of Topliss-reactive ketones (excluding diaryl/α,β-unsaturated/α-hetero) is 1. The molecule has 1 heterocycles. The summed E-state index contributed by atoms with van der Waals surface area (Å²) in [5.74, 6) is -0.635. The third kappa shape index (κ3) is 2.47. The number of ether oxygens (including phenoxy) is 1. The number of hydrogen-bond donors (Lipinski definition) is 0. The van der Waals surface area contributed by atoms with Crippen molar-refractivity contribution in [1.82, 2.24) is 9.59 Å². The van der Waals surface area contributed by atoms with Crippen LogP contribution >= 0.6 is 11.5 Å². The van der Waals surface area contributed by atoms with Crippen LogP contribution in [-0.2, 0) is 6.42 Å². The topological polar surface area (TPSA) is 52.1 Å². The van der Waals surface area contributed by atoms with Crippen LogP contribution in [0.25, 0.3) is 0 Å². The van der Waals surface area contributed by atoms with Gasteiger partial charge in [0.15, 0.2) is 17.3 Å². The molecule has 0 aliphatic rings. The first-order chi connectivity index (χ1) is 8.22. The van der Waals surface area contributed by atoms with Gasteiger partial charge in [0.25, 0.3) is 0 Å². The normalized spacial score (nSPS) is 10.2. The number of hydrogen-bond acceptors (Lipinski definition) is 5. The van der Waals surface area contributed by atoms with Crippen LogP contribution in [0.1, 0.15) is 16.1 Å². The molecule has 0 spiro atoms. The maximum atomic E-state index is 13.8. The first-order valence-electron chi connectivity index (χ1n) is 4.84. The number of ketones is 1. The van der Waals surface area contributed by atoms with Gasteiger partial charge in [0, 0.05) is 11.8 Å². The Balaban J connectivity index is 2.22. The molecule has 0 atom stereocenters. The van der Waals surface area contributed by atoms with Crippen molar-refractivity contribution in [1.29, 1.82) is 0 Å². The molecule has 0 bridgehead atoms. The molecule has 88 valence electrons. The number of methoxy groups -OCH3 is 1. The van der Waals surface area contributed by atoms with Gasteiger partial charge in [0.1, 0.15) is 5.69 Å². The van der Waals surface area contributed by atoms with Gasteiger partial charge in [0.05, 0.1) is 7.11 Å². The van der Waals surface area contributed by atoms with Gasteiger partial charge in [-0.2, -0.15) is 0 Å². The average Bonchev–Trinajstić information content (AvgIpc) is 2.85. The van der Waals surface area contributed by atoms with Gasteiger partial charge in [-0.3, -0.25) is 4.79 Å². The first kappa shape index (κ1) is 11.7. The lowest BCUT2D eigenvalue weighted by molar-refractivity contribution is 0.0987. The Morgan fingerprint density at radius 1 is 1.53 bits per heavy atom. The summed E-state index contributed by atoms with van der Waals surface area (Å²) >= 11 is 1.09. The molecular weight excluding hydrogens is 243 g/mol. The SMILES string of the molecule is COc1cccc(CC(=O)c2csnn2)c1F. The van der Waals surface area contributed by atoms with Crippen molar-refractivity contribution < 1.29 is 13.9 Å².